The highest BCUT2D eigenvalue weighted by molar-refractivity contribution is 5.78. The number of fused-ring (bicyclic) bond motifs is 1. The molecule has 0 bridgehead atoms. The molecule has 5 heteroatoms. The van der Waals surface area contributed by atoms with Crippen molar-refractivity contribution in [2.24, 2.45) is 0 Å². The molecule has 3 N–H and O–H groups in total. The first-order valence-electron chi connectivity index (χ1n) is 8.48. The number of anilines is 1. The Balaban J connectivity index is 2.29. The first-order chi connectivity index (χ1) is 11.5. The van der Waals surface area contributed by atoms with Crippen molar-refractivity contribution in [3.63, 3.8) is 0 Å². The van der Waals surface area contributed by atoms with Gasteiger partial charge in [-0.1, -0.05) is 47.6 Å². The molecule has 0 amide bonds. The van der Waals surface area contributed by atoms with E-state index in [2.05, 4.69) is 57.8 Å². The Labute approximate surface area is 148 Å². The first-order valence-corrected chi connectivity index (χ1v) is 8.48. The van der Waals surface area contributed by atoms with Gasteiger partial charge in [0.1, 0.15) is 22.5 Å². The van der Waals surface area contributed by atoms with Crippen LogP contribution < -0.4 is 5.73 Å². The third kappa shape index (κ3) is 3.18. The van der Waals surface area contributed by atoms with Crippen LogP contribution in [-0.2, 0) is 10.8 Å². The highest BCUT2D eigenvalue weighted by Gasteiger charge is 2.26. The van der Waals surface area contributed by atoms with Gasteiger partial charge in [-0.15, -0.1) is 15.0 Å². The summed E-state index contributed by atoms with van der Waals surface area (Å²) in [6.07, 6.45) is 0. The van der Waals surface area contributed by atoms with Gasteiger partial charge in [0.25, 0.3) is 0 Å². The van der Waals surface area contributed by atoms with Crippen molar-refractivity contribution in [1.82, 2.24) is 15.0 Å². The molecule has 0 aliphatic heterocycles. The summed E-state index contributed by atoms with van der Waals surface area (Å²) in [5, 5.41) is 20.0. The number of phenolic OH excluding ortho intramolecular Hbond substituents is 1. The lowest BCUT2D eigenvalue weighted by atomic mass is 9.80. The fourth-order valence-corrected chi connectivity index (χ4v) is 2.82. The Hall–Kier alpha value is -2.56. The Morgan fingerprint density at radius 3 is 2.12 bits per heavy atom. The SMILES string of the molecule is CC(C)(C)c1cc(-n2nc3ccc(N)cc3n2)c(O)c(C(C)(C)C)c1. The quantitative estimate of drug-likeness (QED) is 0.648. The molecule has 0 radical (unpaired) electrons. The van der Waals surface area contributed by atoms with E-state index in [0.29, 0.717) is 16.9 Å². The van der Waals surface area contributed by atoms with E-state index >= 15 is 0 Å². The van der Waals surface area contributed by atoms with Gasteiger partial charge in [-0.05, 0) is 40.7 Å². The molecule has 3 rings (SSSR count). The number of hydrogen-bond donors (Lipinski definition) is 2. The Kier molecular flexibility index (Phi) is 3.78. The van der Waals surface area contributed by atoms with Gasteiger partial charge in [0, 0.05) is 11.3 Å². The summed E-state index contributed by atoms with van der Waals surface area (Å²) in [5.74, 6) is 0.216. The number of hydrogen-bond acceptors (Lipinski definition) is 4. The van der Waals surface area contributed by atoms with Crippen molar-refractivity contribution in [2.45, 2.75) is 52.4 Å². The van der Waals surface area contributed by atoms with Gasteiger partial charge >= 0.3 is 0 Å². The number of benzene rings is 2. The van der Waals surface area contributed by atoms with Crippen LogP contribution >= 0.6 is 0 Å². The van der Waals surface area contributed by atoms with Crippen LogP contribution in [0.2, 0.25) is 0 Å². The lowest BCUT2D eigenvalue weighted by Gasteiger charge is -2.27. The van der Waals surface area contributed by atoms with E-state index in [1.165, 1.54) is 4.80 Å². The van der Waals surface area contributed by atoms with Gasteiger partial charge in [0.2, 0.25) is 0 Å². The van der Waals surface area contributed by atoms with E-state index < -0.39 is 0 Å². The molecular formula is C20H26N4O. The fourth-order valence-electron chi connectivity index (χ4n) is 2.82. The molecule has 1 heterocycles. The molecule has 0 spiro atoms. The van der Waals surface area contributed by atoms with Crippen molar-refractivity contribution < 1.29 is 5.11 Å². The number of nitrogen functional groups attached to an aromatic ring is 1. The zero-order valence-corrected chi connectivity index (χ0v) is 15.8. The topological polar surface area (TPSA) is 77.0 Å². The largest absolute Gasteiger partial charge is 0.505 e. The molecule has 0 fully saturated rings. The minimum atomic E-state index is -0.197. The molecule has 0 atom stereocenters. The van der Waals surface area contributed by atoms with E-state index in [0.717, 1.165) is 16.6 Å². The minimum absolute atomic E-state index is 0.0561. The van der Waals surface area contributed by atoms with Crippen LogP contribution in [0.5, 0.6) is 5.75 Å². The van der Waals surface area contributed by atoms with Crippen LogP contribution in [-0.4, -0.2) is 20.1 Å². The average Bonchev–Trinajstić information content (AvgIpc) is 2.87. The van der Waals surface area contributed by atoms with E-state index in [4.69, 9.17) is 5.73 Å². The summed E-state index contributed by atoms with van der Waals surface area (Å²) in [6.45, 7) is 12.7. The van der Waals surface area contributed by atoms with Crippen LogP contribution in [0.15, 0.2) is 30.3 Å². The number of aromatic hydroxyl groups is 1. The summed E-state index contributed by atoms with van der Waals surface area (Å²) >= 11 is 0. The second kappa shape index (κ2) is 5.48. The third-order valence-corrected chi connectivity index (χ3v) is 4.38. The molecule has 0 aliphatic carbocycles. The lowest BCUT2D eigenvalue weighted by molar-refractivity contribution is 0.438. The van der Waals surface area contributed by atoms with Crippen molar-refractivity contribution in [2.75, 3.05) is 5.73 Å². The maximum atomic E-state index is 10.9. The zero-order valence-electron chi connectivity index (χ0n) is 15.8. The third-order valence-electron chi connectivity index (χ3n) is 4.38. The van der Waals surface area contributed by atoms with E-state index in [-0.39, 0.29) is 16.6 Å². The summed E-state index contributed by atoms with van der Waals surface area (Å²) in [4.78, 5) is 1.50. The summed E-state index contributed by atoms with van der Waals surface area (Å²) in [5.41, 5.74) is 10.3. The number of nitrogens with two attached hydrogens (primary N) is 1. The Bertz CT molecular complexity index is 943. The molecular weight excluding hydrogens is 312 g/mol. The monoisotopic (exact) mass is 338 g/mol. The first kappa shape index (κ1) is 17.3. The number of nitrogens with zero attached hydrogens (tertiary/aromatic N) is 3. The molecule has 0 unspecified atom stereocenters. The number of rotatable bonds is 1. The zero-order chi connectivity index (χ0) is 18.6. The molecule has 1 aromatic heterocycles. The number of phenols is 1. The van der Waals surface area contributed by atoms with E-state index in [1.54, 1.807) is 12.1 Å². The van der Waals surface area contributed by atoms with Gasteiger partial charge in [-0.3, -0.25) is 0 Å². The van der Waals surface area contributed by atoms with Gasteiger partial charge in [0.05, 0.1) is 0 Å². The molecule has 0 saturated heterocycles. The molecule has 0 saturated carbocycles. The molecule has 2 aromatic carbocycles. The minimum Gasteiger partial charge on any atom is -0.505 e. The van der Waals surface area contributed by atoms with Crippen LogP contribution in [0.4, 0.5) is 5.69 Å². The van der Waals surface area contributed by atoms with Crippen LogP contribution in [0.1, 0.15) is 52.7 Å². The molecule has 132 valence electrons. The maximum Gasteiger partial charge on any atom is 0.146 e. The molecule has 3 aromatic rings. The number of aromatic nitrogens is 3. The van der Waals surface area contributed by atoms with Crippen LogP contribution in [0.3, 0.4) is 0 Å². The van der Waals surface area contributed by atoms with Crippen molar-refractivity contribution in [1.29, 1.82) is 0 Å². The molecule has 5 nitrogen and oxygen atoms in total. The van der Waals surface area contributed by atoms with Crippen molar-refractivity contribution in [3.8, 4) is 11.4 Å². The second-order valence-electron chi connectivity index (χ2n) is 8.63. The summed E-state index contributed by atoms with van der Waals surface area (Å²) < 4.78 is 0. The summed E-state index contributed by atoms with van der Waals surface area (Å²) in [6, 6.07) is 9.47. The standard InChI is InChI=1S/C20H26N4O/c1-19(2,3)12-9-14(20(4,5)6)18(25)17(10-12)24-22-15-8-7-13(21)11-16(15)23-24/h7-11,25H,21H2,1-6H3. The van der Waals surface area contributed by atoms with Gasteiger partial charge < -0.3 is 10.8 Å². The van der Waals surface area contributed by atoms with Crippen LogP contribution in [0, 0.1) is 0 Å². The van der Waals surface area contributed by atoms with Crippen molar-refractivity contribution in [3.05, 3.63) is 41.5 Å². The Morgan fingerprint density at radius 2 is 1.52 bits per heavy atom. The predicted octanol–water partition coefficient (Wildman–Crippen LogP) is 4.30. The van der Waals surface area contributed by atoms with Crippen LogP contribution in [0.25, 0.3) is 16.7 Å². The van der Waals surface area contributed by atoms with E-state index in [9.17, 15) is 5.11 Å². The normalized spacial score (nSPS) is 12.7. The van der Waals surface area contributed by atoms with Gasteiger partial charge in [-0.25, -0.2) is 0 Å². The Morgan fingerprint density at radius 1 is 0.880 bits per heavy atom. The maximum absolute atomic E-state index is 10.9. The molecule has 25 heavy (non-hydrogen) atoms. The van der Waals surface area contributed by atoms with E-state index in [1.807, 2.05) is 12.1 Å². The fraction of sp³-hybridized carbons (Fsp3) is 0.400. The smallest absolute Gasteiger partial charge is 0.146 e. The highest BCUT2D eigenvalue weighted by atomic mass is 16.3. The molecule has 0 aliphatic rings. The van der Waals surface area contributed by atoms with Gasteiger partial charge in [0.15, 0.2) is 0 Å². The van der Waals surface area contributed by atoms with Gasteiger partial charge in [-0.2, -0.15) is 0 Å². The predicted molar refractivity (Wildman–Crippen MR) is 102 cm³/mol. The lowest BCUT2D eigenvalue weighted by Crippen LogP contribution is -2.18. The summed E-state index contributed by atoms with van der Waals surface area (Å²) in [7, 11) is 0. The van der Waals surface area contributed by atoms with Crippen molar-refractivity contribution >= 4 is 16.7 Å². The second-order valence-corrected chi connectivity index (χ2v) is 8.63. The highest BCUT2D eigenvalue weighted by Crippen LogP contribution is 2.39. The average molecular weight is 338 g/mol.